The Morgan fingerprint density at radius 1 is 1.35 bits per heavy atom. The van der Waals surface area contributed by atoms with Crippen LogP contribution in [-0.4, -0.2) is 39.9 Å². The van der Waals surface area contributed by atoms with E-state index in [1.54, 1.807) is 6.20 Å². The summed E-state index contributed by atoms with van der Waals surface area (Å²) < 4.78 is 0. The molecule has 17 heavy (non-hydrogen) atoms. The molecular formula is C12H17N3O2. The quantitative estimate of drug-likeness (QED) is 0.771. The Bertz CT molecular complexity index is 383. The third-order valence-electron chi connectivity index (χ3n) is 3.13. The fourth-order valence-electron chi connectivity index (χ4n) is 1.98. The first-order chi connectivity index (χ1) is 8.20. The first-order valence-electron chi connectivity index (χ1n) is 5.77. The van der Waals surface area contributed by atoms with Crippen molar-refractivity contribution < 1.29 is 10.2 Å². The van der Waals surface area contributed by atoms with Gasteiger partial charge in [0.2, 0.25) is 0 Å². The number of aliphatic hydroxyl groups is 2. The fourth-order valence-corrected chi connectivity index (χ4v) is 1.98. The van der Waals surface area contributed by atoms with Gasteiger partial charge in [0, 0.05) is 19.7 Å². The van der Waals surface area contributed by atoms with E-state index in [-0.39, 0.29) is 12.4 Å². The van der Waals surface area contributed by atoms with Crippen LogP contribution >= 0.6 is 0 Å². The molecule has 0 aromatic carbocycles. The minimum absolute atomic E-state index is 0.0666. The monoisotopic (exact) mass is 235 g/mol. The average molecular weight is 235 g/mol. The molecule has 0 saturated carbocycles. The van der Waals surface area contributed by atoms with Crippen LogP contribution in [0.1, 0.15) is 18.5 Å². The van der Waals surface area contributed by atoms with Crippen LogP contribution in [0.15, 0.2) is 19.0 Å². The fraction of sp³-hybridized carbons (Fsp3) is 0.500. The molecule has 0 atom stereocenters. The number of aliphatic hydroxyl groups excluding tert-OH is 2. The second-order valence-corrected chi connectivity index (χ2v) is 4.32. The first kappa shape index (κ1) is 11.9. The zero-order chi connectivity index (χ0) is 12.3. The Kier molecular flexibility index (Phi) is 3.58. The Morgan fingerprint density at radius 2 is 2.06 bits per heavy atom. The van der Waals surface area contributed by atoms with Gasteiger partial charge in [0.15, 0.2) is 0 Å². The van der Waals surface area contributed by atoms with Crippen molar-refractivity contribution >= 4 is 11.6 Å². The maximum absolute atomic E-state index is 9.15. The molecule has 5 nitrogen and oxygen atoms in total. The summed E-state index contributed by atoms with van der Waals surface area (Å²) in [7, 11) is 0. The highest BCUT2D eigenvalue weighted by molar-refractivity contribution is 5.51. The zero-order valence-electron chi connectivity index (χ0n) is 9.71. The molecule has 0 unspecified atom stereocenters. The van der Waals surface area contributed by atoms with Crippen LogP contribution in [0.5, 0.6) is 0 Å². The highest BCUT2D eigenvalue weighted by Gasteiger charge is 2.19. The third kappa shape index (κ3) is 2.74. The van der Waals surface area contributed by atoms with Crippen molar-refractivity contribution in [2.24, 2.45) is 5.92 Å². The molecular weight excluding hydrogens is 218 g/mol. The van der Waals surface area contributed by atoms with Crippen molar-refractivity contribution in [3.63, 3.8) is 0 Å². The lowest BCUT2D eigenvalue weighted by molar-refractivity contribution is 0.203. The van der Waals surface area contributed by atoms with E-state index in [1.807, 2.05) is 0 Å². The second kappa shape index (κ2) is 5.14. The van der Waals surface area contributed by atoms with Gasteiger partial charge < -0.3 is 15.1 Å². The van der Waals surface area contributed by atoms with E-state index < -0.39 is 0 Å². The summed E-state index contributed by atoms with van der Waals surface area (Å²) in [5, 5.41) is 18.2. The second-order valence-electron chi connectivity index (χ2n) is 4.32. The van der Waals surface area contributed by atoms with Crippen LogP contribution in [0.25, 0.3) is 5.76 Å². The summed E-state index contributed by atoms with van der Waals surface area (Å²) in [4.78, 5) is 10.5. The number of rotatable bonds is 3. The Morgan fingerprint density at radius 3 is 2.53 bits per heavy atom. The van der Waals surface area contributed by atoms with Crippen molar-refractivity contribution in [1.29, 1.82) is 0 Å². The summed E-state index contributed by atoms with van der Waals surface area (Å²) in [5.41, 5.74) is 0.402. The van der Waals surface area contributed by atoms with E-state index in [9.17, 15) is 0 Å². The van der Waals surface area contributed by atoms with Crippen LogP contribution in [0, 0.1) is 5.92 Å². The van der Waals surface area contributed by atoms with Gasteiger partial charge in [-0.3, -0.25) is 0 Å². The van der Waals surface area contributed by atoms with Gasteiger partial charge in [-0.25, -0.2) is 9.97 Å². The predicted octanol–water partition coefficient (Wildman–Crippen LogP) is 1.21. The van der Waals surface area contributed by atoms with Crippen LogP contribution in [0.4, 0.5) is 5.82 Å². The number of anilines is 1. The van der Waals surface area contributed by atoms with Crippen molar-refractivity contribution in [2.45, 2.75) is 12.8 Å². The van der Waals surface area contributed by atoms with E-state index in [2.05, 4.69) is 21.4 Å². The maximum atomic E-state index is 9.15. The molecule has 1 aromatic heterocycles. The van der Waals surface area contributed by atoms with E-state index in [4.69, 9.17) is 10.2 Å². The van der Waals surface area contributed by atoms with Gasteiger partial charge in [-0.1, -0.05) is 6.58 Å². The molecule has 1 aromatic rings. The number of piperidine rings is 1. The van der Waals surface area contributed by atoms with Crippen LogP contribution in [-0.2, 0) is 0 Å². The van der Waals surface area contributed by atoms with Gasteiger partial charge in [0.1, 0.15) is 17.3 Å². The lowest BCUT2D eigenvalue weighted by Crippen LogP contribution is -2.35. The highest BCUT2D eigenvalue weighted by atomic mass is 16.3. The third-order valence-corrected chi connectivity index (χ3v) is 3.13. The molecule has 1 aliphatic rings. The van der Waals surface area contributed by atoms with Gasteiger partial charge >= 0.3 is 0 Å². The van der Waals surface area contributed by atoms with Crippen LogP contribution in [0.3, 0.4) is 0 Å². The van der Waals surface area contributed by atoms with E-state index in [0.717, 1.165) is 31.7 Å². The van der Waals surface area contributed by atoms with Crippen molar-refractivity contribution in [3.8, 4) is 0 Å². The maximum Gasteiger partial charge on any atom is 0.147 e. The molecule has 5 heteroatoms. The van der Waals surface area contributed by atoms with Gasteiger partial charge in [-0.2, -0.15) is 0 Å². The molecule has 0 aliphatic carbocycles. The molecule has 92 valence electrons. The lowest BCUT2D eigenvalue weighted by atomic mass is 9.98. The number of hydrogen-bond donors (Lipinski definition) is 2. The van der Waals surface area contributed by atoms with E-state index >= 15 is 0 Å². The zero-order valence-corrected chi connectivity index (χ0v) is 9.71. The number of aromatic nitrogens is 2. The summed E-state index contributed by atoms with van der Waals surface area (Å²) in [5.74, 6) is 1.16. The molecule has 2 N–H and O–H groups in total. The Balaban J connectivity index is 2.01. The summed E-state index contributed by atoms with van der Waals surface area (Å²) in [6.45, 7) is 5.44. The number of nitrogens with zero attached hydrogens (tertiary/aromatic N) is 3. The molecule has 0 bridgehead atoms. The molecule has 2 heterocycles. The Hall–Kier alpha value is -1.62. The smallest absolute Gasteiger partial charge is 0.147 e. The summed E-state index contributed by atoms with van der Waals surface area (Å²) in [6.07, 6.45) is 5.13. The minimum Gasteiger partial charge on any atom is -0.506 e. The molecule has 0 radical (unpaired) electrons. The topological polar surface area (TPSA) is 69.5 Å². The van der Waals surface area contributed by atoms with E-state index in [0.29, 0.717) is 11.6 Å². The lowest BCUT2D eigenvalue weighted by Gasteiger charge is -2.31. The van der Waals surface area contributed by atoms with Crippen molar-refractivity contribution in [3.05, 3.63) is 24.7 Å². The first-order valence-corrected chi connectivity index (χ1v) is 5.77. The molecule has 2 rings (SSSR count). The SMILES string of the molecule is C=C(O)c1cnc(N2CCC(CO)CC2)cn1. The van der Waals surface area contributed by atoms with E-state index in [1.165, 1.54) is 6.20 Å². The largest absolute Gasteiger partial charge is 0.506 e. The van der Waals surface area contributed by atoms with Gasteiger partial charge in [-0.05, 0) is 18.8 Å². The van der Waals surface area contributed by atoms with Crippen molar-refractivity contribution in [2.75, 3.05) is 24.6 Å². The minimum atomic E-state index is -0.0666. The van der Waals surface area contributed by atoms with Gasteiger partial charge in [0.25, 0.3) is 0 Å². The molecule has 0 amide bonds. The summed E-state index contributed by atoms with van der Waals surface area (Å²) >= 11 is 0. The molecule has 1 aliphatic heterocycles. The normalized spacial score (nSPS) is 17.1. The van der Waals surface area contributed by atoms with Gasteiger partial charge in [-0.15, -0.1) is 0 Å². The van der Waals surface area contributed by atoms with Gasteiger partial charge in [0.05, 0.1) is 12.4 Å². The molecule has 1 fully saturated rings. The Labute approximate surface area is 100 Å². The standard InChI is InChI=1S/C12H17N3O2/c1-9(17)11-6-14-12(7-13-11)15-4-2-10(8-16)3-5-15/h6-7,10,16-17H,1-5,8H2. The van der Waals surface area contributed by atoms with Crippen molar-refractivity contribution in [1.82, 2.24) is 9.97 Å². The predicted molar refractivity (Wildman–Crippen MR) is 65.7 cm³/mol. The number of hydrogen-bond acceptors (Lipinski definition) is 5. The average Bonchev–Trinajstić information content (AvgIpc) is 2.39. The molecule has 1 saturated heterocycles. The molecule has 0 spiro atoms. The van der Waals surface area contributed by atoms with Crippen LogP contribution in [0.2, 0.25) is 0 Å². The summed E-state index contributed by atoms with van der Waals surface area (Å²) in [6, 6.07) is 0. The van der Waals surface area contributed by atoms with Crippen LogP contribution < -0.4 is 4.90 Å². The highest BCUT2D eigenvalue weighted by Crippen LogP contribution is 2.21.